The molecule has 8 heteroatoms. The van der Waals surface area contributed by atoms with Crippen LogP contribution < -0.4 is 9.64 Å². The van der Waals surface area contributed by atoms with Gasteiger partial charge in [0.1, 0.15) is 11.3 Å². The summed E-state index contributed by atoms with van der Waals surface area (Å²) in [6.45, 7) is 2.91. The Labute approximate surface area is 167 Å². The van der Waals surface area contributed by atoms with Crippen molar-refractivity contribution in [1.29, 1.82) is 0 Å². The van der Waals surface area contributed by atoms with Crippen LogP contribution in [0.2, 0.25) is 0 Å². The highest BCUT2D eigenvalue weighted by Crippen LogP contribution is 2.25. The zero-order chi connectivity index (χ0) is 19.6. The smallest absolute Gasteiger partial charge is 0.253 e. The minimum atomic E-state index is 0.520. The first-order chi connectivity index (χ1) is 14.3. The van der Waals surface area contributed by atoms with E-state index >= 15 is 0 Å². The van der Waals surface area contributed by atoms with E-state index in [2.05, 4.69) is 20.0 Å². The van der Waals surface area contributed by atoms with Crippen molar-refractivity contribution in [3.63, 3.8) is 0 Å². The lowest BCUT2D eigenvalue weighted by Crippen LogP contribution is -2.37. The van der Waals surface area contributed by atoms with Crippen LogP contribution in [0.3, 0.4) is 0 Å². The number of hydrogen-bond donors (Lipinski definition) is 0. The maximum atomic E-state index is 5.48. The van der Waals surface area contributed by atoms with Gasteiger partial charge in [0, 0.05) is 31.0 Å². The lowest BCUT2D eigenvalue weighted by molar-refractivity contribution is 0.122. The highest BCUT2D eigenvalue weighted by molar-refractivity contribution is 5.86. The topological polar surface area (TPSA) is 78.2 Å². The van der Waals surface area contributed by atoms with Crippen LogP contribution in [0.5, 0.6) is 5.75 Å². The molecule has 0 bridgehead atoms. The molecule has 0 unspecified atom stereocenters. The molecule has 0 N–H and O–H groups in total. The summed E-state index contributed by atoms with van der Waals surface area (Å²) in [6, 6.07) is 13.6. The molecule has 0 atom stereocenters. The first-order valence-corrected chi connectivity index (χ1v) is 9.48. The van der Waals surface area contributed by atoms with Gasteiger partial charge in [-0.3, -0.25) is 4.98 Å². The van der Waals surface area contributed by atoms with E-state index in [-0.39, 0.29) is 0 Å². The second kappa shape index (κ2) is 7.48. The Kier molecular flexibility index (Phi) is 4.53. The van der Waals surface area contributed by atoms with Gasteiger partial charge in [0.15, 0.2) is 5.82 Å². The van der Waals surface area contributed by atoms with E-state index in [0.717, 1.165) is 46.9 Å². The average Bonchev–Trinajstić information content (AvgIpc) is 3.29. The molecular formula is C21H20N6O2. The Hall–Kier alpha value is -3.52. The summed E-state index contributed by atoms with van der Waals surface area (Å²) < 4.78 is 12.4. The standard InChI is InChI=1S/C21H20N6O2/c1-28-16-6-4-15(5-7-16)17-8-10-27(25-17)21-23-18-3-2-9-22-19(18)20(24-21)26-11-13-29-14-12-26/h2-10H,11-14H2,1H3. The first kappa shape index (κ1) is 17.6. The van der Waals surface area contributed by atoms with Crippen molar-refractivity contribution < 1.29 is 9.47 Å². The fourth-order valence-corrected chi connectivity index (χ4v) is 3.39. The molecular weight excluding hydrogens is 368 g/mol. The summed E-state index contributed by atoms with van der Waals surface area (Å²) in [5.41, 5.74) is 3.43. The highest BCUT2D eigenvalue weighted by atomic mass is 16.5. The van der Waals surface area contributed by atoms with Crippen molar-refractivity contribution in [3.8, 4) is 23.0 Å². The van der Waals surface area contributed by atoms with Gasteiger partial charge in [-0.2, -0.15) is 10.1 Å². The van der Waals surface area contributed by atoms with Crippen molar-refractivity contribution in [2.75, 3.05) is 38.3 Å². The van der Waals surface area contributed by atoms with Crippen molar-refractivity contribution >= 4 is 16.9 Å². The number of hydrogen-bond acceptors (Lipinski definition) is 7. The van der Waals surface area contributed by atoms with Crippen molar-refractivity contribution in [2.45, 2.75) is 0 Å². The van der Waals surface area contributed by atoms with E-state index in [0.29, 0.717) is 19.2 Å². The number of fused-ring (bicyclic) bond motifs is 1. The molecule has 4 heterocycles. The van der Waals surface area contributed by atoms with Gasteiger partial charge in [-0.25, -0.2) is 9.67 Å². The molecule has 4 aromatic rings. The van der Waals surface area contributed by atoms with Crippen LogP contribution in [0.4, 0.5) is 5.82 Å². The SMILES string of the molecule is COc1ccc(-c2ccn(-c3nc(N4CCOCC4)c4ncccc4n3)n2)cc1. The number of rotatable bonds is 4. The van der Waals surface area contributed by atoms with E-state index in [1.165, 1.54) is 0 Å². The molecule has 1 aliphatic heterocycles. The minimum absolute atomic E-state index is 0.520. The molecule has 5 rings (SSSR count). The number of pyridine rings is 1. The van der Waals surface area contributed by atoms with Crippen LogP contribution >= 0.6 is 0 Å². The van der Waals surface area contributed by atoms with Crippen molar-refractivity contribution in [3.05, 3.63) is 54.9 Å². The summed E-state index contributed by atoms with van der Waals surface area (Å²) >= 11 is 0. The molecule has 1 aromatic carbocycles. The van der Waals surface area contributed by atoms with Gasteiger partial charge < -0.3 is 14.4 Å². The maximum absolute atomic E-state index is 5.48. The Morgan fingerprint density at radius 3 is 2.62 bits per heavy atom. The van der Waals surface area contributed by atoms with Gasteiger partial charge in [-0.15, -0.1) is 0 Å². The normalized spacial score (nSPS) is 14.3. The van der Waals surface area contributed by atoms with Crippen LogP contribution in [-0.4, -0.2) is 58.1 Å². The third-order valence-corrected chi connectivity index (χ3v) is 4.91. The van der Waals surface area contributed by atoms with E-state index in [1.807, 2.05) is 48.7 Å². The van der Waals surface area contributed by atoms with Crippen LogP contribution in [0.25, 0.3) is 28.2 Å². The number of morpholine rings is 1. The number of ether oxygens (including phenoxy) is 2. The predicted molar refractivity (Wildman–Crippen MR) is 109 cm³/mol. The maximum Gasteiger partial charge on any atom is 0.253 e. The molecule has 0 saturated carbocycles. The number of nitrogens with zero attached hydrogens (tertiary/aromatic N) is 6. The molecule has 1 fully saturated rings. The van der Waals surface area contributed by atoms with Gasteiger partial charge >= 0.3 is 0 Å². The van der Waals surface area contributed by atoms with Gasteiger partial charge in [-0.05, 0) is 42.5 Å². The quantitative estimate of drug-likeness (QED) is 0.532. The molecule has 0 radical (unpaired) electrons. The lowest BCUT2D eigenvalue weighted by atomic mass is 10.1. The molecule has 29 heavy (non-hydrogen) atoms. The number of benzene rings is 1. The first-order valence-electron chi connectivity index (χ1n) is 9.48. The van der Waals surface area contributed by atoms with Crippen LogP contribution in [-0.2, 0) is 4.74 Å². The lowest BCUT2D eigenvalue weighted by Gasteiger charge is -2.28. The third-order valence-electron chi connectivity index (χ3n) is 4.91. The monoisotopic (exact) mass is 388 g/mol. The van der Waals surface area contributed by atoms with Crippen LogP contribution in [0.1, 0.15) is 0 Å². The summed E-state index contributed by atoms with van der Waals surface area (Å²) in [7, 11) is 1.65. The number of methoxy groups -OCH3 is 1. The van der Waals surface area contributed by atoms with E-state index in [1.54, 1.807) is 18.0 Å². The summed E-state index contributed by atoms with van der Waals surface area (Å²) in [5, 5.41) is 4.69. The van der Waals surface area contributed by atoms with Crippen molar-refractivity contribution in [2.24, 2.45) is 0 Å². The second-order valence-corrected chi connectivity index (χ2v) is 6.69. The fraction of sp³-hybridized carbons (Fsp3) is 0.238. The van der Waals surface area contributed by atoms with Crippen LogP contribution in [0.15, 0.2) is 54.9 Å². The zero-order valence-corrected chi connectivity index (χ0v) is 16.0. The van der Waals surface area contributed by atoms with Gasteiger partial charge in [0.25, 0.3) is 5.95 Å². The average molecular weight is 388 g/mol. The van der Waals surface area contributed by atoms with Crippen molar-refractivity contribution in [1.82, 2.24) is 24.7 Å². The van der Waals surface area contributed by atoms with Gasteiger partial charge in [0.2, 0.25) is 0 Å². The van der Waals surface area contributed by atoms with E-state index in [4.69, 9.17) is 14.5 Å². The zero-order valence-electron chi connectivity index (χ0n) is 16.0. The third kappa shape index (κ3) is 3.38. The van der Waals surface area contributed by atoms with Gasteiger partial charge in [0.05, 0.1) is 31.5 Å². The summed E-state index contributed by atoms with van der Waals surface area (Å²) in [5.74, 6) is 2.15. The summed E-state index contributed by atoms with van der Waals surface area (Å²) in [4.78, 5) is 16.2. The molecule has 146 valence electrons. The molecule has 3 aromatic heterocycles. The second-order valence-electron chi connectivity index (χ2n) is 6.69. The molecule has 1 saturated heterocycles. The van der Waals surface area contributed by atoms with E-state index < -0.39 is 0 Å². The molecule has 0 aliphatic carbocycles. The number of anilines is 1. The Morgan fingerprint density at radius 1 is 1.00 bits per heavy atom. The minimum Gasteiger partial charge on any atom is -0.497 e. The predicted octanol–water partition coefficient (Wildman–Crippen LogP) is 2.72. The fourth-order valence-electron chi connectivity index (χ4n) is 3.39. The Bertz CT molecular complexity index is 1140. The Balaban J connectivity index is 1.55. The van der Waals surface area contributed by atoms with E-state index in [9.17, 15) is 0 Å². The largest absolute Gasteiger partial charge is 0.497 e. The van der Waals surface area contributed by atoms with Crippen LogP contribution in [0, 0.1) is 0 Å². The Morgan fingerprint density at radius 2 is 1.83 bits per heavy atom. The highest BCUT2D eigenvalue weighted by Gasteiger charge is 2.19. The molecule has 8 nitrogen and oxygen atoms in total. The van der Waals surface area contributed by atoms with Gasteiger partial charge in [-0.1, -0.05) is 0 Å². The molecule has 1 aliphatic rings. The summed E-state index contributed by atoms with van der Waals surface area (Å²) in [6.07, 6.45) is 3.64. The number of aromatic nitrogens is 5. The molecule has 0 amide bonds. The molecule has 0 spiro atoms.